The van der Waals surface area contributed by atoms with Crippen LogP contribution in [-0.2, 0) is 11.3 Å². The maximum absolute atomic E-state index is 12.6. The van der Waals surface area contributed by atoms with E-state index >= 15 is 0 Å². The maximum atomic E-state index is 12.6. The van der Waals surface area contributed by atoms with Gasteiger partial charge in [0, 0.05) is 19.0 Å². The Balaban J connectivity index is 2.03. The standard InChI is InChI=1S/C16H24N2O/c1-2-18(12-13-7-4-3-5-8-13)16(19)15-10-6-9-14(15)11-17/h3-5,7-8,14-15H,2,6,9-12,17H2,1H3. The third-order valence-electron chi connectivity index (χ3n) is 4.19. The monoisotopic (exact) mass is 260 g/mol. The molecule has 3 nitrogen and oxygen atoms in total. The molecule has 104 valence electrons. The van der Waals surface area contributed by atoms with Crippen LogP contribution in [0, 0.1) is 11.8 Å². The Morgan fingerprint density at radius 2 is 2.05 bits per heavy atom. The Kier molecular flexibility index (Phi) is 4.97. The molecule has 2 unspecified atom stereocenters. The summed E-state index contributed by atoms with van der Waals surface area (Å²) < 4.78 is 0. The van der Waals surface area contributed by atoms with Crippen molar-refractivity contribution in [3.63, 3.8) is 0 Å². The van der Waals surface area contributed by atoms with E-state index < -0.39 is 0 Å². The van der Waals surface area contributed by atoms with E-state index in [0.29, 0.717) is 24.9 Å². The highest BCUT2D eigenvalue weighted by molar-refractivity contribution is 5.79. The van der Waals surface area contributed by atoms with Gasteiger partial charge in [0.25, 0.3) is 0 Å². The van der Waals surface area contributed by atoms with Crippen LogP contribution in [-0.4, -0.2) is 23.9 Å². The zero-order valence-electron chi connectivity index (χ0n) is 11.7. The molecule has 0 spiro atoms. The molecule has 1 aromatic carbocycles. The number of rotatable bonds is 5. The summed E-state index contributed by atoms with van der Waals surface area (Å²) in [6.45, 7) is 4.16. The summed E-state index contributed by atoms with van der Waals surface area (Å²) in [4.78, 5) is 14.6. The van der Waals surface area contributed by atoms with Crippen LogP contribution < -0.4 is 5.73 Å². The number of carbonyl (C=O) groups excluding carboxylic acids is 1. The van der Waals surface area contributed by atoms with E-state index in [-0.39, 0.29) is 5.92 Å². The first-order valence-corrected chi connectivity index (χ1v) is 7.29. The highest BCUT2D eigenvalue weighted by Crippen LogP contribution is 2.32. The first kappa shape index (κ1) is 14.1. The minimum Gasteiger partial charge on any atom is -0.338 e. The van der Waals surface area contributed by atoms with E-state index in [1.54, 1.807) is 0 Å². The highest BCUT2D eigenvalue weighted by Gasteiger charge is 2.34. The van der Waals surface area contributed by atoms with Crippen LogP contribution in [0.5, 0.6) is 0 Å². The molecule has 19 heavy (non-hydrogen) atoms. The van der Waals surface area contributed by atoms with Crippen molar-refractivity contribution >= 4 is 5.91 Å². The second-order valence-corrected chi connectivity index (χ2v) is 5.37. The lowest BCUT2D eigenvalue weighted by atomic mass is 9.94. The Morgan fingerprint density at radius 3 is 2.68 bits per heavy atom. The number of hydrogen-bond acceptors (Lipinski definition) is 2. The number of carbonyl (C=O) groups is 1. The molecule has 1 aliphatic rings. The molecule has 0 aromatic heterocycles. The van der Waals surface area contributed by atoms with E-state index in [1.807, 2.05) is 30.0 Å². The summed E-state index contributed by atoms with van der Waals surface area (Å²) in [6, 6.07) is 10.2. The van der Waals surface area contributed by atoms with Crippen LogP contribution in [0.3, 0.4) is 0 Å². The molecular formula is C16H24N2O. The molecule has 0 aliphatic heterocycles. The molecule has 2 atom stereocenters. The van der Waals surface area contributed by atoms with Gasteiger partial charge in [-0.2, -0.15) is 0 Å². The van der Waals surface area contributed by atoms with Crippen molar-refractivity contribution in [1.29, 1.82) is 0 Å². The predicted octanol–water partition coefficient (Wildman–Crippen LogP) is 2.41. The molecule has 2 rings (SSSR count). The van der Waals surface area contributed by atoms with Crippen molar-refractivity contribution in [2.75, 3.05) is 13.1 Å². The van der Waals surface area contributed by atoms with Crippen molar-refractivity contribution in [1.82, 2.24) is 4.90 Å². The lowest BCUT2D eigenvalue weighted by Crippen LogP contribution is -2.38. The fourth-order valence-corrected chi connectivity index (χ4v) is 3.03. The van der Waals surface area contributed by atoms with Crippen LogP contribution in [0.2, 0.25) is 0 Å². The minimum absolute atomic E-state index is 0.147. The smallest absolute Gasteiger partial charge is 0.226 e. The molecule has 1 aromatic rings. The van der Waals surface area contributed by atoms with Crippen LogP contribution in [0.15, 0.2) is 30.3 Å². The van der Waals surface area contributed by atoms with Crippen molar-refractivity contribution < 1.29 is 4.79 Å². The molecule has 0 saturated heterocycles. The topological polar surface area (TPSA) is 46.3 Å². The van der Waals surface area contributed by atoms with E-state index in [9.17, 15) is 4.79 Å². The summed E-state index contributed by atoms with van der Waals surface area (Å²) in [5.41, 5.74) is 6.98. The van der Waals surface area contributed by atoms with Gasteiger partial charge in [0.05, 0.1) is 0 Å². The van der Waals surface area contributed by atoms with Crippen molar-refractivity contribution in [3.05, 3.63) is 35.9 Å². The largest absolute Gasteiger partial charge is 0.338 e. The number of nitrogens with zero attached hydrogens (tertiary/aromatic N) is 1. The van der Waals surface area contributed by atoms with Gasteiger partial charge in [-0.05, 0) is 37.8 Å². The number of amides is 1. The SMILES string of the molecule is CCN(Cc1ccccc1)C(=O)C1CCCC1CN. The molecule has 2 N–H and O–H groups in total. The van der Waals surface area contributed by atoms with Crippen LogP contribution in [0.4, 0.5) is 0 Å². The summed E-state index contributed by atoms with van der Waals surface area (Å²) in [7, 11) is 0. The maximum Gasteiger partial charge on any atom is 0.226 e. The van der Waals surface area contributed by atoms with Gasteiger partial charge in [0.15, 0.2) is 0 Å². The summed E-state index contributed by atoms with van der Waals surface area (Å²) in [5, 5.41) is 0. The minimum atomic E-state index is 0.147. The third kappa shape index (κ3) is 3.35. The molecular weight excluding hydrogens is 236 g/mol. The van der Waals surface area contributed by atoms with Gasteiger partial charge in [-0.15, -0.1) is 0 Å². The third-order valence-corrected chi connectivity index (χ3v) is 4.19. The van der Waals surface area contributed by atoms with E-state index in [4.69, 9.17) is 5.73 Å². The normalized spacial score (nSPS) is 22.4. The molecule has 0 bridgehead atoms. The Morgan fingerprint density at radius 1 is 1.32 bits per heavy atom. The quantitative estimate of drug-likeness (QED) is 0.883. The average molecular weight is 260 g/mol. The van der Waals surface area contributed by atoms with Gasteiger partial charge in [-0.25, -0.2) is 0 Å². The molecule has 1 fully saturated rings. The lowest BCUT2D eigenvalue weighted by Gasteiger charge is -2.27. The second-order valence-electron chi connectivity index (χ2n) is 5.37. The van der Waals surface area contributed by atoms with Gasteiger partial charge in [-0.3, -0.25) is 4.79 Å². The fraction of sp³-hybridized carbons (Fsp3) is 0.562. The second kappa shape index (κ2) is 6.71. The Hall–Kier alpha value is -1.35. The Labute approximate surface area is 115 Å². The fourth-order valence-electron chi connectivity index (χ4n) is 3.03. The number of hydrogen-bond donors (Lipinski definition) is 1. The van der Waals surface area contributed by atoms with Crippen molar-refractivity contribution in [3.8, 4) is 0 Å². The van der Waals surface area contributed by atoms with Crippen LogP contribution in [0.1, 0.15) is 31.7 Å². The predicted molar refractivity (Wildman–Crippen MR) is 77.4 cm³/mol. The van der Waals surface area contributed by atoms with E-state index in [1.165, 1.54) is 5.56 Å². The van der Waals surface area contributed by atoms with E-state index in [0.717, 1.165) is 25.8 Å². The summed E-state index contributed by atoms with van der Waals surface area (Å²) in [5.74, 6) is 0.824. The van der Waals surface area contributed by atoms with Crippen LogP contribution >= 0.6 is 0 Å². The molecule has 3 heteroatoms. The lowest BCUT2D eigenvalue weighted by molar-refractivity contribution is -0.137. The zero-order chi connectivity index (χ0) is 13.7. The first-order chi connectivity index (χ1) is 9.26. The van der Waals surface area contributed by atoms with Crippen molar-refractivity contribution in [2.45, 2.75) is 32.7 Å². The number of nitrogens with two attached hydrogens (primary N) is 1. The summed E-state index contributed by atoms with van der Waals surface area (Å²) >= 11 is 0. The van der Waals surface area contributed by atoms with Gasteiger partial charge >= 0.3 is 0 Å². The van der Waals surface area contributed by atoms with Crippen molar-refractivity contribution in [2.24, 2.45) is 17.6 Å². The van der Waals surface area contributed by atoms with Gasteiger partial charge in [-0.1, -0.05) is 36.8 Å². The highest BCUT2D eigenvalue weighted by atomic mass is 16.2. The van der Waals surface area contributed by atoms with Crippen LogP contribution in [0.25, 0.3) is 0 Å². The molecule has 0 heterocycles. The Bertz CT molecular complexity index is 404. The average Bonchev–Trinajstić information content (AvgIpc) is 2.93. The number of benzene rings is 1. The molecule has 1 saturated carbocycles. The molecule has 1 amide bonds. The molecule has 1 aliphatic carbocycles. The van der Waals surface area contributed by atoms with Gasteiger partial charge < -0.3 is 10.6 Å². The first-order valence-electron chi connectivity index (χ1n) is 7.29. The zero-order valence-corrected chi connectivity index (χ0v) is 11.7. The summed E-state index contributed by atoms with van der Waals surface area (Å²) in [6.07, 6.45) is 3.25. The van der Waals surface area contributed by atoms with Gasteiger partial charge in [0.1, 0.15) is 0 Å². The molecule has 0 radical (unpaired) electrons. The van der Waals surface area contributed by atoms with E-state index in [2.05, 4.69) is 12.1 Å². The van der Waals surface area contributed by atoms with Gasteiger partial charge in [0.2, 0.25) is 5.91 Å².